The van der Waals surface area contributed by atoms with Crippen molar-refractivity contribution in [2.24, 2.45) is 0 Å². The van der Waals surface area contributed by atoms with Gasteiger partial charge in [-0.3, -0.25) is 19.6 Å². The van der Waals surface area contributed by atoms with Gasteiger partial charge < -0.3 is 21.1 Å². The number of aromatic nitrogens is 2. The van der Waals surface area contributed by atoms with Crippen molar-refractivity contribution in [1.29, 1.82) is 0 Å². The predicted molar refractivity (Wildman–Crippen MR) is 142 cm³/mol. The summed E-state index contributed by atoms with van der Waals surface area (Å²) in [6, 6.07) is 16.3. The van der Waals surface area contributed by atoms with E-state index in [4.69, 9.17) is 15.1 Å². The monoisotopic (exact) mass is 576 g/mol. The predicted octanol–water partition coefficient (Wildman–Crippen LogP) is 4.48. The Labute approximate surface area is 232 Å². The van der Waals surface area contributed by atoms with Crippen LogP contribution in [0.2, 0.25) is 0 Å². The number of hydrogen-bond donors (Lipinski definition) is 6. The van der Waals surface area contributed by atoms with E-state index in [0.29, 0.717) is 30.2 Å². The standard InChI is InChI=1S/C24H26N6O4.C2HF3O2/c1-16(31)26-18-8-6-17(7-9-18)21-14-15-25-24(29-21)28-20-12-10-19(11-13-20)27-22(32)4-2-3-5-23(33)30-34;3-2(4,5)1(6)7/h6-15,34H,2-5H2,1H3,(H,26,31)(H,27,32)(H,30,33)(H,25,28,29);(H,6,7). The topological polar surface area (TPSA) is 183 Å². The molecule has 6 N–H and O–H groups in total. The molecule has 0 radical (unpaired) electrons. The average molecular weight is 577 g/mol. The molecule has 3 rings (SSSR count). The van der Waals surface area contributed by atoms with Gasteiger partial charge in [0, 0.05) is 48.6 Å². The third kappa shape index (κ3) is 12.1. The number of hydroxylamine groups is 1. The van der Waals surface area contributed by atoms with Crippen molar-refractivity contribution in [3.63, 3.8) is 0 Å². The molecule has 0 saturated heterocycles. The van der Waals surface area contributed by atoms with E-state index in [1.54, 1.807) is 42.0 Å². The van der Waals surface area contributed by atoms with Gasteiger partial charge in [-0.05, 0) is 55.3 Å². The van der Waals surface area contributed by atoms with E-state index in [-0.39, 0.29) is 24.7 Å². The number of benzene rings is 2. The number of unbranched alkanes of at least 4 members (excludes halogenated alkanes) is 1. The molecule has 2 aromatic carbocycles. The number of rotatable bonds is 10. The zero-order chi connectivity index (χ0) is 30.4. The van der Waals surface area contributed by atoms with Crippen LogP contribution in [0.3, 0.4) is 0 Å². The summed E-state index contributed by atoms with van der Waals surface area (Å²) in [6.45, 7) is 1.46. The highest BCUT2D eigenvalue weighted by Crippen LogP contribution is 2.22. The highest BCUT2D eigenvalue weighted by molar-refractivity contribution is 5.91. The number of carbonyl (C=O) groups is 4. The molecule has 41 heavy (non-hydrogen) atoms. The molecule has 15 heteroatoms. The molecule has 1 aromatic heterocycles. The molecule has 0 aliphatic rings. The second-order valence-corrected chi connectivity index (χ2v) is 8.32. The van der Waals surface area contributed by atoms with E-state index in [9.17, 15) is 27.6 Å². The lowest BCUT2D eigenvalue weighted by atomic mass is 10.1. The Bertz CT molecular complexity index is 1330. The Kier molecular flexibility index (Phi) is 12.2. The van der Waals surface area contributed by atoms with Crippen molar-refractivity contribution in [3.05, 3.63) is 60.8 Å². The summed E-state index contributed by atoms with van der Waals surface area (Å²) in [4.78, 5) is 51.8. The van der Waals surface area contributed by atoms with Crippen LogP contribution in [-0.4, -0.2) is 50.1 Å². The first-order valence-corrected chi connectivity index (χ1v) is 12.0. The smallest absolute Gasteiger partial charge is 0.475 e. The Morgan fingerprint density at radius 3 is 1.85 bits per heavy atom. The van der Waals surface area contributed by atoms with Gasteiger partial charge in [0.1, 0.15) is 0 Å². The fourth-order valence-electron chi connectivity index (χ4n) is 3.12. The molecule has 0 unspecified atom stereocenters. The van der Waals surface area contributed by atoms with Crippen molar-refractivity contribution in [2.45, 2.75) is 38.8 Å². The number of anilines is 4. The van der Waals surface area contributed by atoms with Crippen molar-refractivity contribution in [3.8, 4) is 11.3 Å². The molecule has 1 heterocycles. The Morgan fingerprint density at radius 2 is 1.32 bits per heavy atom. The van der Waals surface area contributed by atoms with Gasteiger partial charge in [0.05, 0.1) is 5.69 Å². The van der Waals surface area contributed by atoms with Crippen LogP contribution in [-0.2, 0) is 19.2 Å². The van der Waals surface area contributed by atoms with Gasteiger partial charge in [0.25, 0.3) is 0 Å². The zero-order valence-corrected chi connectivity index (χ0v) is 21.7. The summed E-state index contributed by atoms with van der Waals surface area (Å²) in [5.41, 5.74) is 5.30. The molecule has 218 valence electrons. The lowest BCUT2D eigenvalue weighted by molar-refractivity contribution is -0.192. The van der Waals surface area contributed by atoms with Crippen molar-refractivity contribution in [2.75, 3.05) is 16.0 Å². The highest BCUT2D eigenvalue weighted by atomic mass is 19.4. The zero-order valence-electron chi connectivity index (χ0n) is 21.7. The van der Waals surface area contributed by atoms with Crippen LogP contribution in [0.5, 0.6) is 0 Å². The molecule has 3 amide bonds. The molecule has 3 aromatic rings. The van der Waals surface area contributed by atoms with Crippen LogP contribution >= 0.6 is 0 Å². The summed E-state index contributed by atoms with van der Waals surface area (Å²) in [7, 11) is 0. The second kappa shape index (κ2) is 15.5. The average Bonchev–Trinajstić information content (AvgIpc) is 2.92. The summed E-state index contributed by atoms with van der Waals surface area (Å²) in [6.07, 6.45) is -1.91. The number of carboxylic acids is 1. The quantitative estimate of drug-likeness (QED) is 0.115. The molecule has 0 spiro atoms. The maximum atomic E-state index is 12.0. The molecule has 0 saturated carbocycles. The summed E-state index contributed by atoms with van der Waals surface area (Å²) < 4.78 is 31.7. The van der Waals surface area contributed by atoms with Crippen molar-refractivity contribution < 1.29 is 42.7 Å². The van der Waals surface area contributed by atoms with Gasteiger partial charge >= 0.3 is 12.1 Å². The molecular formula is C26H27F3N6O6. The van der Waals surface area contributed by atoms with Gasteiger partial charge in [-0.1, -0.05) is 12.1 Å². The first-order valence-electron chi connectivity index (χ1n) is 12.0. The van der Waals surface area contributed by atoms with E-state index < -0.39 is 18.1 Å². The summed E-state index contributed by atoms with van der Waals surface area (Å²) in [5.74, 6) is -3.07. The molecule has 0 bridgehead atoms. The maximum Gasteiger partial charge on any atom is 0.490 e. The minimum atomic E-state index is -5.08. The first-order chi connectivity index (χ1) is 19.4. The minimum Gasteiger partial charge on any atom is -0.475 e. The molecule has 0 aliphatic carbocycles. The van der Waals surface area contributed by atoms with Crippen LogP contribution in [0.15, 0.2) is 60.8 Å². The van der Waals surface area contributed by atoms with Crippen LogP contribution in [0.1, 0.15) is 32.6 Å². The van der Waals surface area contributed by atoms with Crippen molar-refractivity contribution in [1.82, 2.24) is 15.4 Å². The fourth-order valence-corrected chi connectivity index (χ4v) is 3.12. The Hall–Kier alpha value is -5.05. The maximum absolute atomic E-state index is 12.0. The largest absolute Gasteiger partial charge is 0.490 e. The summed E-state index contributed by atoms with van der Waals surface area (Å²) in [5, 5.41) is 24.3. The van der Waals surface area contributed by atoms with E-state index in [1.165, 1.54) is 6.92 Å². The lowest BCUT2D eigenvalue weighted by Gasteiger charge is -2.09. The van der Waals surface area contributed by atoms with Gasteiger partial charge in [-0.2, -0.15) is 13.2 Å². The third-order valence-corrected chi connectivity index (χ3v) is 5.01. The Morgan fingerprint density at radius 1 is 0.805 bits per heavy atom. The second-order valence-electron chi connectivity index (χ2n) is 8.32. The molecule has 0 aliphatic heterocycles. The summed E-state index contributed by atoms with van der Waals surface area (Å²) >= 11 is 0. The number of amides is 3. The van der Waals surface area contributed by atoms with E-state index in [1.807, 2.05) is 24.3 Å². The number of alkyl halides is 3. The van der Waals surface area contributed by atoms with Crippen LogP contribution in [0, 0.1) is 0 Å². The number of aliphatic carboxylic acids is 1. The van der Waals surface area contributed by atoms with E-state index in [2.05, 4.69) is 25.9 Å². The molecular weight excluding hydrogens is 549 g/mol. The number of nitrogens with one attached hydrogen (secondary N) is 4. The van der Waals surface area contributed by atoms with Crippen LogP contribution in [0.25, 0.3) is 11.3 Å². The van der Waals surface area contributed by atoms with Crippen molar-refractivity contribution >= 4 is 46.7 Å². The number of hydrogen-bond acceptors (Lipinski definition) is 8. The number of carboxylic acid groups (broad SMARTS) is 1. The van der Waals surface area contributed by atoms with Gasteiger partial charge in [0.2, 0.25) is 23.7 Å². The molecule has 12 nitrogen and oxygen atoms in total. The molecule has 0 fully saturated rings. The van der Waals surface area contributed by atoms with E-state index in [0.717, 1.165) is 16.9 Å². The number of carbonyl (C=O) groups excluding carboxylic acids is 3. The van der Waals surface area contributed by atoms with Crippen LogP contribution in [0.4, 0.5) is 36.2 Å². The normalized spacial score (nSPS) is 10.5. The number of halogens is 3. The van der Waals surface area contributed by atoms with Gasteiger partial charge in [0.15, 0.2) is 0 Å². The lowest BCUT2D eigenvalue weighted by Crippen LogP contribution is -2.21. The minimum absolute atomic E-state index is 0.128. The highest BCUT2D eigenvalue weighted by Gasteiger charge is 2.38. The van der Waals surface area contributed by atoms with Gasteiger partial charge in [-0.15, -0.1) is 0 Å². The fraction of sp³-hybridized carbons (Fsp3) is 0.231. The Balaban J connectivity index is 0.000000745. The first kappa shape index (κ1) is 32.2. The number of nitrogens with zero attached hydrogens (tertiary/aromatic N) is 2. The van der Waals surface area contributed by atoms with Crippen LogP contribution < -0.4 is 21.4 Å². The van der Waals surface area contributed by atoms with Gasteiger partial charge in [-0.25, -0.2) is 20.2 Å². The molecule has 0 atom stereocenters. The van der Waals surface area contributed by atoms with E-state index >= 15 is 0 Å². The third-order valence-electron chi connectivity index (χ3n) is 5.01. The SMILES string of the molecule is CC(=O)Nc1ccc(-c2ccnc(Nc3ccc(NC(=O)CCCCC(=O)NO)cc3)n2)cc1.O=C(O)C(F)(F)F.